The summed E-state index contributed by atoms with van der Waals surface area (Å²) in [7, 11) is 1.68. The lowest BCUT2D eigenvalue weighted by Crippen LogP contribution is -2.01. The number of benzene rings is 1. The van der Waals surface area contributed by atoms with Crippen molar-refractivity contribution in [2.24, 2.45) is 7.05 Å². The normalized spacial score (nSPS) is 10.8. The highest BCUT2D eigenvalue weighted by Crippen LogP contribution is 2.27. The Balaban J connectivity index is 1.68. The Morgan fingerprint density at radius 3 is 2.82 bits per heavy atom. The molecule has 0 bridgehead atoms. The second kappa shape index (κ2) is 6.87. The maximum atomic E-state index is 14.1. The Bertz CT molecular complexity index is 1180. The van der Waals surface area contributed by atoms with Crippen LogP contribution in [0.1, 0.15) is 10.4 Å². The zero-order chi connectivity index (χ0) is 19.7. The average Bonchev–Trinajstić information content (AvgIpc) is 2.99. The first kappa shape index (κ1) is 17.3. The number of nitrogens with zero attached hydrogens (tertiary/aromatic N) is 6. The fourth-order valence-corrected chi connectivity index (χ4v) is 2.55. The topological polar surface area (TPSA) is 131 Å². The maximum absolute atomic E-state index is 14.1. The zero-order valence-corrected chi connectivity index (χ0v) is 14.5. The summed E-state index contributed by atoms with van der Waals surface area (Å²) in [6, 6.07) is 5.14. The number of hydrogen-bond donors (Lipinski definition) is 3. The molecule has 28 heavy (non-hydrogen) atoms. The van der Waals surface area contributed by atoms with Crippen molar-refractivity contribution in [1.29, 1.82) is 0 Å². The highest BCUT2D eigenvalue weighted by Gasteiger charge is 2.15. The van der Waals surface area contributed by atoms with Crippen LogP contribution < -0.4 is 10.6 Å². The molecule has 4 rings (SSSR count). The molecular formula is C17H13FN8O2. The van der Waals surface area contributed by atoms with Gasteiger partial charge in [-0.1, -0.05) is 0 Å². The monoisotopic (exact) mass is 380 g/mol. The predicted molar refractivity (Wildman–Crippen MR) is 98.3 cm³/mol. The first-order valence-electron chi connectivity index (χ1n) is 8.04. The lowest BCUT2D eigenvalue weighted by Gasteiger charge is -2.06. The predicted octanol–water partition coefficient (Wildman–Crippen LogP) is 2.48. The highest BCUT2D eigenvalue weighted by molar-refractivity contribution is 5.92. The quantitative estimate of drug-likeness (QED) is 0.478. The standard InChI is InChI=1S/C17H13FN8O2/c1-26-15-10(7-20-17(24-15)23-13-4-5-19-8-21-13)14(25-26)22-12-6-9(16(27)28)2-3-11(12)18/h2-8H,1H3,(H,22,25)(H,27,28)(H,19,20,21,23,24). The van der Waals surface area contributed by atoms with Gasteiger partial charge in [0.1, 0.15) is 18.0 Å². The Hall–Kier alpha value is -4.15. The zero-order valence-electron chi connectivity index (χ0n) is 14.5. The van der Waals surface area contributed by atoms with Gasteiger partial charge in [0, 0.05) is 19.4 Å². The van der Waals surface area contributed by atoms with Crippen LogP contribution in [0.4, 0.5) is 27.7 Å². The molecule has 0 amide bonds. The number of anilines is 4. The fraction of sp³-hybridized carbons (Fsp3) is 0.0588. The Morgan fingerprint density at radius 2 is 2.07 bits per heavy atom. The molecule has 0 aliphatic rings. The number of nitrogens with one attached hydrogen (secondary N) is 2. The van der Waals surface area contributed by atoms with Crippen LogP contribution in [0.5, 0.6) is 0 Å². The minimum atomic E-state index is -1.15. The number of rotatable bonds is 5. The average molecular weight is 380 g/mol. The molecule has 10 nitrogen and oxygen atoms in total. The van der Waals surface area contributed by atoms with Crippen molar-refractivity contribution < 1.29 is 14.3 Å². The Morgan fingerprint density at radius 1 is 1.21 bits per heavy atom. The molecule has 0 aliphatic carbocycles. The van der Waals surface area contributed by atoms with E-state index in [1.165, 1.54) is 29.3 Å². The molecular weight excluding hydrogens is 367 g/mol. The van der Waals surface area contributed by atoms with Crippen molar-refractivity contribution >= 4 is 40.3 Å². The van der Waals surface area contributed by atoms with Crippen molar-refractivity contribution in [3.63, 3.8) is 0 Å². The molecule has 1 aromatic carbocycles. The summed E-state index contributed by atoms with van der Waals surface area (Å²) in [6.45, 7) is 0. The SMILES string of the molecule is Cn1nc(Nc2cc(C(=O)O)ccc2F)c2cnc(Nc3ccncn3)nc21. The highest BCUT2D eigenvalue weighted by atomic mass is 19.1. The Labute approximate surface area is 157 Å². The third-order valence-corrected chi connectivity index (χ3v) is 3.87. The summed E-state index contributed by atoms with van der Waals surface area (Å²) in [5.41, 5.74) is 0.434. The number of carbonyl (C=O) groups is 1. The molecule has 0 saturated carbocycles. The van der Waals surface area contributed by atoms with Gasteiger partial charge in [-0.15, -0.1) is 0 Å². The fourth-order valence-electron chi connectivity index (χ4n) is 2.55. The van der Waals surface area contributed by atoms with Gasteiger partial charge < -0.3 is 15.7 Å². The molecule has 0 unspecified atom stereocenters. The van der Waals surface area contributed by atoms with Crippen molar-refractivity contribution in [1.82, 2.24) is 29.7 Å². The molecule has 0 radical (unpaired) electrons. The van der Waals surface area contributed by atoms with Crippen LogP contribution in [0.25, 0.3) is 11.0 Å². The molecule has 0 saturated heterocycles. The van der Waals surface area contributed by atoms with Gasteiger partial charge in [-0.05, 0) is 24.3 Å². The molecule has 0 aliphatic heterocycles. The van der Waals surface area contributed by atoms with Crippen LogP contribution in [0.15, 0.2) is 43.0 Å². The van der Waals surface area contributed by atoms with Crippen LogP contribution in [0.3, 0.4) is 0 Å². The first-order chi connectivity index (χ1) is 13.5. The number of carboxylic acid groups (broad SMARTS) is 1. The van der Waals surface area contributed by atoms with Gasteiger partial charge in [0.05, 0.1) is 16.6 Å². The number of halogens is 1. The number of aryl methyl sites for hydroxylation is 1. The number of aromatic carboxylic acids is 1. The molecule has 11 heteroatoms. The molecule has 3 aromatic heterocycles. The minimum Gasteiger partial charge on any atom is -0.478 e. The second-order valence-electron chi connectivity index (χ2n) is 5.75. The molecule has 3 heterocycles. The van der Waals surface area contributed by atoms with Gasteiger partial charge in [0.25, 0.3) is 0 Å². The van der Waals surface area contributed by atoms with Gasteiger partial charge in [-0.3, -0.25) is 0 Å². The van der Waals surface area contributed by atoms with E-state index in [0.717, 1.165) is 6.07 Å². The molecule has 0 atom stereocenters. The lowest BCUT2D eigenvalue weighted by molar-refractivity contribution is 0.0697. The molecule has 0 fully saturated rings. The first-order valence-corrected chi connectivity index (χ1v) is 8.04. The van der Waals surface area contributed by atoms with Gasteiger partial charge in [-0.25, -0.2) is 28.8 Å². The number of fused-ring (bicyclic) bond motifs is 1. The summed E-state index contributed by atoms with van der Waals surface area (Å²) in [5.74, 6) is -0.626. The maximum Gasteiger partial charge on any atom is 0.335 e. The molecule has 140 valence electrons. The van der Waals surface area contributed by atoms with Crippen molar-refractivity contribution in [2.75, 3.05) is 10.6 Å². The third kappa shape index (κ3) is 3.28. The molecule has 3 N–H and O–H groups in total. The smallest absolute Gasteiger partial charge is 0.335 e. The lowest BCUT2D eigenvalue weighted by atomic mass is 10.2. The number of carboxylic acids is 1. The van der Waals surface area contributed by atoms with Crippen LogP contribution in [-0.4, -0.2) is 40.8 Å². The van der Waals surface area contributed by atoms with Gasteiger partial charge in [-0.2, -0.15) is 10.1 Å². The van der Waals surface area contributed by atoms with Gasteiger partial charge in [0.15, 0.2) is 11.5 Å². The van der Waals surface area contributed by atoms with Crippen molar-refractivity contribution in [3.05, 3.63) is 54.4 Å². The van der Waals surface area contributed by atoms with Crippen LogP contribution in [-0.2, 0) is 7.05 Å². The largest absolute Gasteiger partial charge is 0.478 e. The van der Waals surface area contributed by atoms with Crippen LogP contribution >= 0.6 is 0 Å². The van der Waals surface area contributed by atoms with E-state index < -0.39 is 11.8 Å². The molecule has 0 spiro atoms. The second-order valence-corrected chi connectivity index (χ2v) is 5.75. The summed E-state index contributed by atoms with van der Waals surface area (Å²) < 4.78 is 15.6. The number of hydrogen-bond acceptors (Lipinski definition) is 8. The van der Waals surface area contributed by atoms with Crippen molar-refractivity contribution in [2.45, 2.75) is 0 Å². The van der Waals surface area contributed by atoms with E-state index in [0.29, 0.717) is 28.6 Å². The third-order valence-electron chi connectivity index (χ3n) is 3.87. The van der Waals surface area contributed by atoms with Gasteiger partial charge in [0.2, 0.25) is 5.95 Å². The summed E-state index contributed by atoms with van der Waals surface area (Å²) in [6.07, 6.45) is 4.51. The summed E-state index contributed by atoms with van der Waals surface area (Å²) in [4.78, 5) is 27.6. The van der Waals surface area contributed by atoms with E-state index >= 15 is 0 Å². The van der Waals surface area contributed by atoms with E-state index in [2.05, 4.69) is 35.7 Å². The van der Waals surface area contributed by atoms with Crippen LogP contribution in [0, 0.1) is 5.82 Å². The van der Waals surface area contributed by atoms with E-state index in [9.17, 15) is 9.18 Å². The van der Waals surface area contributed by atoms with E-state index in [-0.39, 0.29) is 11.3 Å². The minimum absolute atomic E-state index is 0.0110. The van der Waals surface area contributed by atoms with E-state index in [1.807, 2.05) is 0 Å². The molecule has 4 aromatic rings. The van der Waals surface area contributed by atoms with Crippen molar-refractivity contribution in [3.8, 4) is 0 Å². The summed E-state index contributed by atoms with van der Waals surface area (Å²) >= 11 is 0. The van der Waals surface area contributed by atoms with E-state index in [4.69, 9.17) is 5.11 Å². The van der Waals surface area contributed by atoms with Gasteiger partial charge >= 0.3 is 5.97 Å². The van der Waals surface area contributed by atoms with E-state index in [1.54, 1.807) is 19.3 Å². The number of aromatic nitrogens is 6. The summed E-state index contributed by atoms with van der Waals surface area (Å²) in [5, 5.41) is 19.7. The Kier molecular flexibility index (Phi) is 4.24. The van der Waals surface area contributed by atoms with Crippen LogP contribution in [0.2, 0.25) is 0 Å².